The molecule has 78 valence electrons. The van der Waals surface area contributed by atoms with E-state index in [1.54, 1.807) is 6.07 Å². The van der Waals surface area contributed by atoms with Gasteiger partial charge in [-0.15, -0.1) is 11.3 Å². The van der Waals surface area contributed by atoms with E-state index >= 15 is 0 Å². The maximum Gasteiger partial charge on any atom is 0.350 e. The molecule has 0 aliphatic heterocycles. The molecule has 5 heteroatoms. The van der Waals surface area contributed by atoms with Crippen LogP contribution in [0.2, 0.25) is 0 Å². The van der Waals surface area contributed by atoms with Crippen LogP contribution in [-0.4, -0.2) is 26.7 Å². The molecule has 0 spiro atoms. The second-order valence-corrected chi connectivity index (χ2v) is 3.91. The molecule has 0 saturated heterocycles. The highest BCUT2D eigenvalue weighted by Crippen LogP contribution is 2.31. The van der Waals surface area contributed by atoms with E-state index in [-0.39, 0.29) is 5.97 Å². The van der Waals surface area contributed by atoms with E-state index in [0.717, 1.165) is 11.5 Å². The van der Waals surface area contributed by atoms with Gasteiger partial charge in [-0.05, 0) is 13.0 Å². The van der Waals surface area contributed by atoms with Crippen LogP contribution in [0.25, 0.3) is 0 Å². The number of rotatable bonds is 3. The summed E-state index contributed by atoms with van der Waals surface area (Å²) in [5.41, 5.74) is 6.18. The standard InChI is InChI=1S/C9H14N2O2S/c1-4-11(2)7-5-6(10)8(14-7)9(12)13-3/h5H,4,10H2,1-3H3. The summed E-state index contributed by atoms with van der Waals surface area (Å²) in [5.74, 6) is -0.372. The van der Waals surface area contributed by atoms with E-state index in [4.69, 9.17) is 5.73 Å². The van der Waals surface area contributed by atoms with Crippen molar-refractivity contribution in [2.45, 2.75) is 6.92 Å². The Hall–Kier alpha value is -1.23. The summed E-state index contributed by atoms with van der Waals surface area (Å²) in [4.78, 5) is 13.7. The van der Waals surface area contributed by atoms with Crippen molar-refractivity contribution in [2.75, 3.05) is 31.3 Å². The third-order valence-electron chi connectivity index (χ3n) is 1.97. The second-order valence-electron chi connectivity index (χ2n) is 2.87. The number of methoxy groups -OCH3 is 1. The number of carbonyl (C=O) groups is 1. The van der Waals surface area contributed by atoms with E-state index in [9.17, 15) is 4.79 Å². The molecule has 1 aromatic heterocycles. The molecule has 1 rings (SSSR count). The monoisotopic (exact) mass is 214 g/mol. The molecule has 0 aliphatic rings. The van der Waals surface area contributed by atoms with Gasteiger partial charge in [0, 0.05) is 13.6 Å². The lowest BCUT2D eigenvalue weighted by molar-refractivity contribution is 0.0607. The summed E-state index contributed by atoms with van der Waals surface area (Å²) >= 11 is 1.35. The third kappa shape index (κ3) is 1.98. The quantitative estimate of drug-likeness (QED) is 0.776. The molecule has 14 heavy (non-hydrogen) atoms. The molecule has 2 N–H and O–H groups in total. The molecule has 0 atom stereocenters. The van der Waals surface area contributed by atoms with Crippen LogP contribution in [0.1, 0.15) is 16.6 Å². The van der Waals surface area contributed by atoms with Gasteiger partial charge in [-0.2, -0.15) is 0 Å². The SMILES string of the molecule is CCN(C)c1cc(N)c(C(=O)OC)s1. The van der Waals surface area contributed by atoms with Crippen molar-refractivity contribution in [3.63, 3.8) is 0 Å². The number of esters is 1. The van der Waals surface area contributed by atoms with Crippen LogP contribution in [-0.2, 0) is 4.74 Å². The second kappa shape index (κ2) is 4.32. The number of ether oxygens (including phenoxy) is 1. The molecule has 0 bridgehead atoms. The van der Waals surface area contributed by atoms with Gasteiger partial charge in [0.1, 0.15) is 4.88 Å². The number of carbonyl (C=O) groups excluding carboxylic acids is 1. The van der Waals surface area contributed by atoms with Gasteiger partial charge in [-0.1, -0.05) is 0 Å². The van der Waals surface area contributed by atoms with Crippen LogP contribution in [0.4, 0.5) is 10.7 Å². The number of thiophene rings is 1. The lowest BCUT2D eigenvalue weighted by atomic mass is 10.4. The summed E-state index contributed by atoms with van der Waals surface area (Å²) in [6, 6.07) is 1.79. The van der Waals surface area contributed by atoms with Gasteiger partial charge in [0.05, 0.1) is 17.8 Å². The van der Waals surface area contributed by atoms with E-state index in [1.165, 1.54) is 18.4 Å². The van der Waals surface area contributed by atoms with Gasteiger partial charge in [0.15, 0.2) is 0 Å². The van der Waals surface area contributed by atoms with Gasteiger partial charge in [0.25, 0.3) is 0 Å². The maximum atomic E-state index is 11.2. The van der Waals surface area contributed by atoms with Crippen molar-refractivity contribution in [3.8, 4) is 0 Å². The third-order valence-corrected chi connectivity index (χ3v) is 3.21. The van der Waals surface area contributed by atoms with Crippen LogP contribution in [0, 0.1) is 0 Å². The van der Waals surface area contributed by atoms with Gasteiger partial charge < -0.3 is 15.4 Å². The lowest BCUT2D eigenvalue weighted by Gasteiger charge is -2.12. The first-order valence-corrected chi connectivity index (χ1v) is 5.10. The minimum Gasteiger partial charge on any atom is -0.465 e. The first-order chi connectivity index (χ1) is 6.60. The number of hydrogen-bond acceptors (Lipinski definition) is 5. The van der Waals surface area contributed by atoms with Crippen molar-refractivity contribution in [3.05, 3.63) is 10.9 Å². The van der Waals surface area contributed by atoms with Gasteiger partial charge in [-0.3, -0.25) is 0 Å². The Balaban J connectivity index is 2.98. The molecule has 4 nitrogen and oxygen atoms in total. The summed E-state index contributed by atoms with van der Waals surface area (Å²) in [7, 11) is 3.30. The van der Waals surface area contributed by atoms with Crippen molar-refractivity contribution >= 4 is 28.0 Å². The Morgan fingerprint density at radius 1 is 1.71 bits per heavy atom. The fraction of sp³-hybridized carbons (Fsp3) is 0.444. The zero-order valence-electron chi connectivity index (χ0n) is 8.53. The minimum atomic E-state index is -0.372. The average molecular weight is 214 g/mol. The molecule has 0 saturated carbocycles. The smallest absolute Gasteiger partial charge is 0.350 e. The highest BCUT2D eigenvalue weighted by molar-refractivity contribution is 7.18. The summed E-state index contributed by atoms with van der Waals surface area (Å²) in [5, 5.41) is 0.977. The Morgan fingerprint density at radius 2 is 2.36 bits per heavy atom. The number of anilines is 2. The van der Waals surface area contributed by atoms with Crippen molar-refractivity contribution < 1.29 is 9.53 Å². The first kappa shape index (κ1) is 10.8. The maximum absolute atomic E-state index is 11.2. The fourth-order valence-electron chi connectivity index (χ4n) is 0.988. The summed E-state index contributed by atoms with van der Waals surface area (Å²) in [6.07, 6.45) is 0. The largest absolute Gasteiger partial charge is 0.465 e. The van der Waals surface area contributed by atoms with E-state index < -0.39 is 0 Å². The van der Waals surface area contributed by atoms with Crippen LogP contribution in [0.5, 0.6) is 0 Å². The van der Waals surface area contributed by atoms with Crippen LogP contribution < -0.4 is 10.6 Å². The predicted molar refractivity (Wildman–Crippen MR) is 59.0 cm³/mol. The molecule has 0 aromatic carbocycles. The Kier molecular flexibility index (Phi) is 3.35. The van der Waals surface area contributed by atoms with Gasteiger partial charge >= 0.3 is 5.97 Å². The molecular formula is C9H14N2O2S. The number of hydrogen-bond donors (Lipinski definition) is 1. The molecule has 0 aliphatic carbocycles. The molecule has 0 fully saturated rings. The van der Waals surface area contributed by atoms with E-state index in [0.29, 0.717) is 10.6 Å². The normalized spacial score (nSPS) is 9.93. The zero-order chi connectivity index (χ0) is 10.7. The number of nitrogens with two attached hydrogens (primary N) is 1. The molecular weight excluding hydrogens is 200 g/mol. The number of nitrogen functional groups attached to an aromatic ring is 1. The average Bonchev–Trinajstić information content (AvgIpc) is 2.58. The number of nitrogens with zero attached hydrogens (tertiary/aromatic N) is 1. The van der Waals surface area contributed by atoms with Gasteiger partial charge in [0.2, 0.25) is 0 Å². The molecule has 0 unspecified atom stereocenters. The highest BCUT2D eigenvalue weighted by atomic mass is 32.1. The van der Waals surface area contributed by atoms with Crippen LogP contribution >= 0.6 is 11.3 Å². The van der Waals surface area contributed by atoms with E-state index in [2.05, 4.69) is 4.74 Å². The Morgan fingerprint density at radius 3 is 2.86 bits per heavy atom. The van der Waals surface area contributed by atoms with Gasteiger partial charge in [-0.25, -0.2) is 4.79 Å². The lowest BCUT2D eigenvalue weighted by Crippen LogP contribution is -2.13. The summed E-state index contributed by atoms with van der Waals surface area (Å²) in [6.45, 7) is 2.91. The predicted octanol–water partition coefficient (Wildman–Crippen LogP) is 1.57. The highest BCUT2D eigenvalue weighted by Gasteiger charge is 2.15. The molecule has 1 aromatic rings. The summed E-state index contributed by atoms with van der Waals surface area (Å²) < 4.78 is 4.62. The minimum absolute atomic E-state index is 0.372. The Bertz CT molecular complexity index is 336. The fourth-order valence-corrected chi connectivity index (χ4v) is 2.01. The van der Waals surface area contributed by atoms with Crippen LogP contribution in [0.15, 0.2) is 6.07 Å². The van der Waals surface area contributed by atoms with E-state index in [1.807, 2.05) is 18.9 Å². The van der Waals surface area contributed by atoms with Crippen molar-refractivity contribution in [1.82, 2.24) is 0 Å². The topological polar surface area (TPSA) is 55.6 Å². The molecule has 0 radical (unpaired) electrons. The molecule has 1 heterocycles. The Labute approximate surface area is 87.3 Å². The molecule has 0 amide bonds. The van der Waals surface area contributed by atoms with Crippen LogP contribution in [0.3, 0.4) is 0 Å². The first-order valence-electron chi connectivity index (χ1n) is 4.28. The van der Waals surface area contributed by atoms with Crippen molar-refractivity contribution in [1.29, 1.82) is 0 Å². The zero-order valence-corrected chi connectivity index (χ0v) is 9.35. The van der Waals surface area contributed by atoms with Crippen molar-refractivity contribution in [2.24, 2.45) is 0 Å².